The molecule has 2 aromatic heterocycles. The van der Waals surface area contributed by atoms with E-state index in [1.807, 2.05) is 66.7 Å². The molecule has 3 aromatic carbocycles. The smallest absolute Gasteiger partial charge is 0.321 e. The van der Waals surface area contributed by atoms with Crippen molar-refractivity contribution in [2.24, 2.45) is 0 Å². The van der Waals surface area contributed by atoms with Gasteiger partial charge in [-0.3, -0.25) is 0 Å². The average molecular weight is 547 g/mol. The van der Waals surface area contributed by atoms with Crippen LogP contribution in [0.3, 0.4) is 0 Å². The molecule has 3 heterocycles. The first kappa shape index (κ1) is 26.3. The van der Waals surface area contributed by atoms with Gasteiger partial charge in [0.05, 0.1) is 12.9 Å². The van der Waals surface area contributed by atoms with Crippen LogP contribution in [0.4, 0.5) is 22.2 Å². The lowest BCUT2D eigenvalue weighted by atomic mass is 10.1. The second-order valence-electron chi connectivity index (χ2n) is 10.3. The first-order valence-electron chi connectivity index (χ1n) is 14.0. The van der Waals surface area contributed by atoms with Crippen LogP contribution in [0.2, 0.25) is 0 Å². The SMILES string of the molecule is Cc1ccc(NC(=O)N2CCN(c3nc(NCCc4ccccc4)c4ncn(Cc5ccccc5)c4n3)CC2)cc1. The van der Waals surface area contributed by atoms with Crippen LogP contribution in [-0.4, -0.2) is 63.2 Å². The normalized spacial score (nSPS) is 13.4. The van der Waals surface area contributed by atoms with Gasteiger partial charge in [-0.05, 0) is 36.6 Å². The van der Waals surface area contributed by atoms with Crippen molar-refractivity contribution in [1.29, 1.82) is 0 Å². The molecule has 0 unspecified atom stereocenters. The molecule has 9 heteroatoms. The summed E-state index contributed by atoms with van der Waals surface area (Å²) in [7, 11) is 0. The Bertz CT molecular complexity index is 1590. The quantitative estimate of drug-likeness (QED) is 0.278. The molecule has 0 atom stereocenters. The Labute approximate surface area is 239 Å². The number of carbonyl (C=O) groups excluding carboxylic acids is 1. The number of nitrogens with zero attached hydrogens (tertiary/aromatic N) is 6. The number of benzene rings is 3. The van der Waals surface area contributed by atoms with E-state index in [2.05, 4.69) is 56.5 Å². The third-order valence-electron chi connectivity index (χ3n) is 7.35. The van der Waals surface area contributed by atoms with E-state index in [0.717, 1.165) is 41.2 Å². The van der Waals surface area contributed by atoms with E-state index in [-0.39, 0.29) is 6.03 Å². The van der Waals surface area contributed by atoms with E-state index in [4.69, 9.17) is 15.0 Å². The van der Waals surface area contributed by atoms with Crippen molar-refractivity contribution in [2.75, 3.05) is 48.3 Å². The molecule has 0 saturated carbocycles. The number of hydrogen-bond donors (Lipinski definition) is 2. The van der Waals surface area contributed by atoms with E-state index < -0.39 is 0 Å². The predicted octanol–water partition coefficient (Wildman–Crippen LogP) is 5.19. The molecule has 6 rings (SSSR count). The topological polar surface area (TPSA) is 91.2 Å². The third kappa shape index (κ3) is 6.30. The van der Waals surface area contributed by atoms with Crippen molar-refractivity contribution < 1.29 is 4.79 Å². The summed E-state index contributed by atoms with van der Waals surface area (Å²) >= 11 is 0. The number of imidazole rings is 1. The van der Waals surface area contributed by atoms with Crippen LogP contribution in [-0.2, 0) is 13.0 Å². The van der Waals surface area contributed by atoms with Crippen molar-refractivity contribution in [3.8, 4) is 0 Å². The Balaban J connectivity index is 1.20. The number of hydrogen-bond acceptors (Lipinski definition) is 6. The molecule has 0 spiro atoms. The van der Waals surface area contributed by atoms with Gasteiger partial charge in [0.15, 0.2) is 17.0 Å². The van der Waals surface area contributed by atoms with Gasteiger partial charge in [-0.2, -0.15) is 9.97 Å². The van der Waals surface area contributed by atoms with Crippen molar-refractivity contribution in [2.45, 2.75) is 19.9 Å². The molecule has 2 N–H and O–H groups in total. The summed E-state index contributed by atoms with van der Waals surface area (Å²) in [5.41, 5.74) is 5.95. The van der Waals surface area contributed by atoms with E-state index >= 15 is 0 Å². The van der Waals surface area contributed by atoms with E-state index in [1.54, 1.807) is 0 Å². The highest BCUT2D eigenvalue weighted by Gasteiger charge is 2.24. The summed E-state index contributed by atoms with van der Waals surface area (Å²) in [6.45, 7) is 5.88. The maximum atomic E-state index is 12.9. The summed E-state index contributed by atoms with van der Waals surface area (Å²) in [5, 5.41) is 6.53. The minimum absolute atomic E-state index is 0.0888. The maximum absolute atomic E-state index is 12.9. The van der Waals surface area contributed by atoms with Crippen LogP contribution < -0.4 is 15.5 Å². The Kier molecular flexibility index (Phi) is 7.75. The largest absolute Gasteiger partial charge is 0.368 e. The standard InChI is InChI=1S/C32H34N8O/c1-24-12-14-27(15-13-24)35-32(41)39-20-18-38(19-21-39)31-36-29(33-17-16-25-8-4-2-5-9-25)28-30(37-31)40(23-34-28)22-26-10-6-3-7-11-26/h2-15,23H,16-22H2,1H3,(H,35,41)(H,33,36,37). The number of anilines is 3. The molecular weight excluding hydrogens is 512 g/mol. The molecule has 208 valence electrons. The molecular formula is C32H34N8O. The number of rotatable bonds is 8. The molecule has 1 aliphatic heterocycles. The minimum atomic E-state index is -0.0888. The second kappa shape index (κ2) is 12.1. The maximum Gasteiger partial charge on any atom is 0.321 e. The van der Waals surface area contributed by atoms with Gasteiger partial charge >= 0.3 is 6.03 Å². The first-order chi connectivity index (χ1) is 20.1. The number of aryl methyl sites for hydroxylation is 1. The number of aromatic nitrogens is 4. The van der Waals surface area contributed by atoms with Crippen molar-refractivity contribution in [1.82, 2.24) is 24.4 Å². The lowest BCUT2D eigenvalue weighted by Crippen LogP contribution is -2.50. The average Bonchev–Trinajstić information content (AvgIpc) is 3.42. The van der Waals surface area contributed by atoms with Crippen LogP contribution in [0.25, 0.3) is 11.2 Å². The van der Waals surface area contributed by atoms with Gasteiger partial charge in [0, 0.05) is 38.4 Å². The van der Waals surface area contributed by atoms with Gasteiger partial charge in [0.1, 0.15) is 0 Å². The number of urea groups is 1. The van der Waals surface area contributed by atoms with Crippen molar-refractivity contribution >= 4 is 34.6 Å². The number of amides is 2. The number of carbonyl (C=O) groups is 1. The zero-order valence-corrected chi connectivity index (χ0v) is 23.2. The van der Waals surface area contributed by atoms with Gasteiger partial charge in [-0.1, -0.05) is 78.4 Å². The highest BCUT2D eigenvalue weighted by atomic mass is 16.2. The number of fused-ring (bicyclic) bond motifs is 1. The minimum Gasteiger partial charge on any atom is -0.368 e. The molecule has 2 amide bonds. The van der Waals surface area contributed by atoms with E-state index in [9.17, 15) is 4.79 Å². The van der Waals surface area contributed by atoms with Crippen LogP contribution in [0.5, 0.6) is 0 Å². The Morgan fingerprint density at radius 2 is 1.51 bits per heavy atom. The molecule has 5 aromatic rings. The van der Waals surface area contributed by atoms with Gasteiger partial charge in [0.2, 0.25) is 5.95 Å². The molecule has 0 bridgehead atoms. The fourth-order valence-electron chi connectivity index (χ4n) is 5.01. The van der Waals surface area contributed by atoms with Gasteiger partial charge in [-0.25, -0.2) is 9.78 Å². The lowest BCUT2D eigenvalue weighted by molar-refractivity contribution is 0.208. The van der Waals surface area contributed by atoms with E-state index in [0.29, 0.717) is 38.7 Å². The Hall–Kier alpha value is -4.92. The monoisotopic (exact) mass is 546 g/mol. The predicted molar refractivity (Wildman–Crippen MR) is 163 cm³/mol. The molecule has 1 fully saturated rings. The highest BCUT2D eigenvalue weighted by molar-refractivity contribution is 5.89. The zero-order valence-electron chi connectivity index (χ0n) is 23.2. The third-order valence-corrected chi connectivity index (χ3v) is 7.35. The highest BCUT2D eigenvalue weighted by Crippen LogP contribution is 2.24. The van der Waals surface area contributed by atoms with Crippen molar-refractivity contribution in [3.63, 3.8) is 0 Å². The molecule has 0 aliphatic carbocycles. The Morgan fingerprint density at radius 3 is 2.22 bits per heavy atom. The molecule has 9 nitrogen and oxygen atoms in total. The summed E-state index contributed by atoms with van der Waals surface area (Å²) in [4.78, 5) is 31.5. The van der Waals surface area contributed by atoms with E-state index in [1.165, 1.54) is 11.1 Å². The Morgan fingerprint density at radius 1 is 0.829 bits per heavy atom. The molecule has 0 radical (unpaired) electrons. The summed E-state index contributed by atoms with van der Waals surface area (Å²) in [5.74, 6) is 1.38. The van der Waals surface area contributed by atoms with Crippen LogP contribution >= 0.6 is 0 Å². The fraction of sp³-hybridized carbons (Fsp3) is 0.250. The lowest BCUT2D eigenvalue weighted by Gasteiger charge is -2.34. The fourth-order valence-corrected chi connectivity index (χ4v) is 5.01. The number of piperazine rings is 1. The molecule has 1 saturated heterocycles. The van der Waals surface area contributed by atoms with Crippen LogP contribution in [0.1, 0.15) is 16.7 Å². The summed E-state index contributed by atoms with van der Waals surface area (Å²) < 4.78 is 2.07. The van der Waals surface area contributed by atoms with Crippen molar-refractivity contribution in [3.05, 3.63) is 108 Å². The second-order valence-corrected chi connectivity index (χ2v) is 10.3. The first-order valence-corrected chi connectivity index (χ1v) is 14.0. The van der Waals surface area contributed by atoms with Gasteiger partial charge in [0.25, 0.3) is 0 Å². The van der Waals surface area contributed by atoms with Gasteiger partial charge in [-0.15, -0.1) is 0 Å². The summed E-state index contributed by atoms with van der Waals surface area (Å²) in [6.07, 6.45) is 2.72. The zero-order chi connectivity index (χ0) is 28.0. The molecule has 41 heavy (non-hydrogen) atoms. The summed E-state index contributed by atoms with van der Waals surface area (Å²) in [6, 6.07) is 28.5. The molecule has 1 aliphatic rings. The van der Waals surface area contributed by atoms with Crippen LogP contribution in [0, 0.1) is 6.92 Å². The van der Waals surface area contributed by atoms with Gasteiger partial charge < -0.3 is 25.0 Å². The number of nitrogens with one attached hydrogen (secondary N) is 2. The van der Waals surface area contributed by atoms with Crippen LogP contribution in [0.15, 0.2) is 91.3 Å².